The molecule has 0 unspecified atom stereocenters. The van der Waals surface area contributed by atoms with Crippen molar-refractivity contribution in [2.45, 2.75) is 37.4 Å². The van der Waals surface area contributed by atoms with Gasteiger partial charge in [-0.25, -0.2) is 0 Å². The minimum atomic E-state index is -4.28. The first-order chi connectivity index (χ1) is 11.9. The molecule has 1 saturated carbocycles. The van der Waals surface area contributed by atoms with Gasteiger partial charge in [0.15, 0.2) is 0 Å². The molecule has 1 saturated heterocycles. The number of benzene rings is 1. The number of hydrogen-bond donors (Lipinski definition) is 2. The summed E-state index contributed by atoms with van der Waals surface area (Å²) in [6.07, 6.45) is -0.888. The van der Waals surface area contributed by atoms with Gasteiger partial charge in [-0.05, 0) is 42.9 Å². The lowest BCUT2D eigenvalue weighted by atomic mass is 9.93. The zero-order valence-corrected chi connectivity index (χ0v) is 13.5. The number of nitrogens with one attached hydrogen (secondary N) is 1. The number of aromatic nitrogens is 1. The third-order valence-corrected chi connectivity index (χ3v) is 5.87. The van der Waals surface area contributed by atoms with Crippen LogP contribution in [0.4, 0.5) is 13.2 Å². The second-order valence-corrected chi connectivity index (χ2v) is 7.14. The monoisotopic (exact) mass is 352 g/mol. The lowest BCUT2D eigenvalue weighted by Crippen LogP contribution is -2.36. The van der Waals surface area contributed by atoms with Crippen molar-refractivity contribution in [2.75, 3.05) is 13.1 Å². The van der Waals surface area contributed by atoms with E-state index < -0.39 is 11.7 Å². The molecule has 0 amide bonds. The highest BCUT2D eigenvalue weighted by molar-refractivity contribution is 5.86. The molecule has 2 bridgehead atoms. The van der Waals surface area contributed by atoms with Gasteiger partial charge in [0, 0.05) is 41.6 Å². The minimum Gasteiger partial charge on any atom is -0.483 e. The molecular formula is C18H19F3N2O2. The van der Waals surface area contributed by atoms with E-state index in [9.17, 15) is 13.2 Å². The average Bonchev–Trinajstić information content (AvgIpc) is 3.23. The van der Waals surface area contributed by atoms with Gasteiger partial charge in [-0.3, -0.25) is 9.69 Å². The van der Waals surface area contributed by atoms with Crippen molar-refractivity contribution < 1.29 is 23.1 Å². The third-order valence-electron chi connectivity index (χ3n) is 5.87. The molecule has 7 heteroatoms. The van der Waals surface area contributed by atoms with Crippen LogP contribution in [0.5, 0.6) is 0 Å². The molecule has 2 aliphatic heterocycles. The van der Waals surface area contributed by atoms with E-state index in [-0.39, 0.29) is 6.47 Å². The molecule has 5 rings (SSSR count). The van der Waals surface area contributed by atoms with E-state index in [2.05, 4.69) is 9.88 Å². The molecule has 25 heavy (non-hydrogen) atoms. The van der Waals surface area contributed by atoms with Crippen molar-refractivity contribution in [3.8, 4) is 0 Å². The number of hydrogen-bond acceptors (Lipinski definition) is 2. The summed E-state index contributed by atoms with van der Waals surface area (Å²) in [7, 11) is 0. The maximum atomic E-state index is 12.9. The van der Waals surface area contributed by atoms with E-state index in [0.717, 1.165) is 24.3 Å². The summed E-state index contributed by atoms with van der Waals surface area (Å²) in [6.45, 7) is 2.00. The van der Waals surface area contributed by atoms with Gasteiger partial charge >= 0.3 is 6.18 Å². The van der Waals surface area contributed by atoms with Crippen LogP contribution in [0, 0.1) is 5.92 Å². The number of H-pyrrole nitrogens is 1. The Morgan fingerprint density at radius 3 is 2.72 bits per heavy atom. The second kappa shape index (κ2) is 5.76. The smallest absolute Gasteiger partial charge is 0.416 e. The summed E-state index contributed by atoms with van der Waals surface area (Å²) in [5, 5.41) is 7.87. The zero-order chi connectivity index (χ0) is 17.8. The summed E-state index contributed by atoms with van der Waals surface area (Å²) >= 11 is 0. The quantitative estimate of drug-likeness (QED) is 0.712. The molecule has 1 aromatic carbocycles. The Kier molecular flexibility index (Phi) is 3.79. The third kappa shape index (κ3) is 2.61. The fourth-order valence-electron chi connectivity index (χ4n) is 5.00. The average molecular weight is 352 g/mol. The molecule has 0 spiro atoms. The normalized spacial score (nSPS) is 27.6. The van der Waals surface area contributed by atoms with Gasteiger partial charge in [-0.15, -0.1) is 0 Å². The molecule has 4 nitrogen and oxygen atoms in total. The van der Waals surface area contributed by atoms with E-state index in [1.165, 1.54) is 42.8 Å². The number of aromatic amines is 1. The Labute approximate surface area is 142 Å². The molecule has 3 aliphatic rings. The topological polar surface area (TPSA) is 56.3 Å². The SMILES string of the molecule is FC(F)(F)c1ccc2c3c([nH]c2c1)[C@@H]1C[C@H]2C[C@@H]1N(CC3)C2.O=CO. The van der Waals surface area contributed by atoms with Crippen LogP contribution in [0.25, 0.3) is 10.9 Å². The predicted molar refractivity (Wildman–Crippen MR) is 86.5 cm³/mol. The van der Waals surface area contributed by atoms with E-state index in [1.54, 1.807) is 6.07 Å². The fraction of sp³-hybridized carbons (Fsp3) is 0.500. The number of halogens is 3. The van der Waals surface area contributed by atoms with Gasteiger partial charge in [-0.1, -0.05) is 6.07 Å². The summed E-state index contributed by atoms with van der Waals surface area (Å²) < 4.78 is 38.7. The van der Waals surface area contributed by atoms with Crippen molar-refractivity contribution in [1.82, 2.24) is 9.88 Å². The van der Waals surface area contributed by atoms with Crippen LogP contribution in [0.3, 0.4) is 0 Å². The number of nitrogens with zero attached hydrogens (tertiary/aromatic N) is 1. The van der Waals surface area contributed by atoms with Gasteiger partial charge in [0.1, 0.15) is 0 Å². The van der Waals surface area contributed by atoms with Crippen molar-refractivity contribution in [2.24, 2.45) is 5.92 Å². The summed E-state index contributed by atoms with van der Waals surface area (Å²) in [6, 6.07) is 4.74. The van der Waals surface area contributed by atoms with Gasteiger partial charge < -0.3 is 10.1 Å². The Hall–Kier alpha value is -2.02. The van der Waals surface area contributed by atoms with Crippen molar-refractivity contribution >= 4 is 17.4 Å². The number of rotatable bonds is 0. The van der Waals surface area contributed by atoms with Crippen LogP contribution < -0.4 is 0 Å². The van der Waals surface area contributed by atoms with E-state index in [4.69, 9.17) is 9.90 Å². The molecule has 1 aliphatic carbocycles. The molecule has 2 aromatic rings. The summed E-state index contributed by atoms with van der Waals surface area (Å²) in [4.78, 5) is 14.3. The van der Waals surface area contributed by atoms with E-state index >= 15 is 0 Å². The highest BCUT2D eigenvalue weighted by Gasteiger charge is 2.48. The van der Waals surface area contributed by atoms with Crippen LogP contribution in [0.15, 0.2) is 18.2 Å². The number of carboxylic acid groups (broad SMARTS) is 1. The predicted octanol–water partition coefficient (Wildman–Crippen LogP) is 3.62. The van der Waals surface area contributed by atoms with Crippen LogP contribution >= 0.6 is 0 Å². The first-order valence-electron chi connectivity index (χ1n) is 8.46. The van der Waals surface area contributed by atoms with Crippen molar-refractivity contribution in [3.05, 3.63) is 35.0 Å². The molecule has 134 valence electrons. The molecule has 2 fully saturated rings. The van der Waals surface area contributed by atoms with Crippen LogP contribution in [-0.4, -0.2) is 40.6 Å². The van der Waals surface area contributed by atoms with Gasteiger partial charge in [-0.2, -0.15) is 13.2 Å². The summed E-state index contributed by atoms with van der Waals surface area (Å²) in [5.74, 6) is 1.26. The van der Waals surface area contributed by atoms with Crippen molar-refractivity contribution in [3.63, 3.8) is 0 Å². The van der Waals surface area contributed by atoms with Gasteiger partial charge in [0.2, 0.25) is 0 Å². The lowest BCUT2D eigenvalue weighted by molar-refractivity contribution is -0.137. The highest BCUT2D eigenvalue weighted by Crippen LogP contribution is 2.50. The second-order valence-electron chi connectivity index (χ2n) is 7.14. The summed E-state index contributed by atoms with van der Waals surface area (Å²) in [5.41, 5.74) is 2.55. The molecule has 1 aromatic heterocycles. The maximum absolute atomic E-state index is 12.9. The Morgan fingerprint density at radius 1 is 1.28 bits per heavy atom. The largest absolute Gasteiger partial charge is 0.483 e. The lowest BCUT2D eigenvalue weighted by Gasteiger charge is -2.30. The van der Waals surface area contributed by atoms with E-state index in [1.807, 2.05) is 0 Å². The van der Waals surface area contributed by atoms with Crippen LogP contribution in [-0.2, 0) is 17.4 Å². The van der Waals surface area contributed by atoms with Gasteiger partial charge in [0.25, 0.3) is 6.47 Å². The highest BCUT2D eigenvalue weighted by atomic mass is 19.4. The Morgan fingerprint density at radius 2 is 2.04 bits per heavy atom. The number of carbonyl (C=O) groups is 1. The molecule has 3 heterocycles. The number of fused-ring (bicyclic) bond motifs is 5. The molecule has 2 N–H and O–H groups in total. The fourth-order valence-corrected chi connectivity index (χ4v) is 5.00. The first kappa shape index (κ1) is 16.4. The molecule has 0 radical (unpaired) electrons. The van der Waals surface area contributed by atoms with E-state index in [0.29, 0.717) is 17.5 Å². The standard InChI is InChI=1S/C17H17F3N2.CH2O2/c18-17(19,20)10-1-2-11-12-3-4-22-8-9-5-13(15(22)6-9)16(12)21-14(11)7-10;2-1-3/h1-2,7,9,13,15,21H,3-6,8H2;1H,(H,2,3)/t9-,13+,15-;/m0./s1. The van der Waals surface area contributed by atoms with Crippen LogP contribution in [0.2, 0.25) is 0 Å². The zero-order valence-electron chi connectivity index (χ0n) is 13.5. The molecule has 3 atom stereocenters. The number of alkyl halides is 3. The Balaban J connectivity index is 0.000000490. The first-order valence-corrected chi connectivity index (χ1v) is 8.46. The minimum absolute atomic E-state index is 0.250. The number of piperidine rings is 1. The molecular weight excluding hydrogens is 333 g/mol. The maximum Gasteiger partial charge on any atom is 0.416 e. The van der Waals surface area contributed by atoms with Crippen molar-refractivity contribution in [1.29, 1.82) is 0 Å². The van der Waals surface area contributed by atoms with Crippen LogP contribution in [0.1, 0.15) is 35.6 Å². The Bertz CT molecular complexity index is 814. The van der Waals surface area contributed by atoms with Gasteiger partial charge in [0.05, 0.1) is 5.56 Å².